The highest BCUT2D eigenvalue weighted by molar-refractivity contribution is 6.32. The predicted molar refractivity (Wildman–Crippen MR) is 91.2 cm³/mol. The lowest BCUT2D eigenvalue weighted by molar-refractivity contribution is -0.142. The van der Waals surface area contributed by atoms with Gasteiger partial charge in [-0.05, 0) is 36.8 Å². The lowest BCUT2D eigenvalue weighted by atomic mass is 10.2. The van der Waals surface area contributed by atoms with Gasteiger partial charge in [-0.15, -0.1) is 0 Å². The molecule has 0 fully saturated rings. The van der Waals surface area contributed by atoms with E-state index in [4.69, 9.17) is 16.3 Å². The lowest BCUT2D eigenvalue weighted by Crippen LogP contribution is -2.20. The number of para-hydroxylation sites is 1. The molecule has 0 aliphatic rings. The Bertz CT molecular complexity index is 769. The van der Waals surface area contributed by atoms with Crippen molar-refractivity contribution in [3.05, 3.63) is 70.5 Å². The Morgan fingerprint density at radius 3 is 2.67 bits per heavy atom. The number of amides is 1. The molecule has 0 bridgehead atoms. The van der Waals surface area contributed by atoms with Gasteiger partial charge in [-0.1, -0.05) is 35.9 Å². The zero-order valence-corrected chi connectivity index (χ0v) is 13.6. The van der Waals surface area contributed by atoms with Crippen LogP contribution in [0.2, 0.25) is 5.02 Å². The van der Waals surface area contributed by atoms with E-state index in [2.05, 4.69) is 5.32 Å². The van der Waals surface area contributed by atoms with Crippen molar-refractivity contribution < 1.29 is 18.7 Å². The van der Waals surface area contributed by atoms with E-state index in [9.17, 15) is 14.0 Å². The van der Waals surface area contributed by atoms with Gasteiger partial charge in [0, 0.05) is 17.3 Å². The van der Waals surface area contributed by atoms with E-state index in [1.54, 1.807) is 12.1 Å². The molecule has 4 nitrogen and oxygen atoms in total. The van der Waals surface area contributed by atoms with Crippen molar-refractivity contribution in [2.75, 3.05) is 11.9 Å². The molecule has 0 atom stereocenters. The highest BCUT2D eigenvalue weighted by Crippen LogP contribution is 2.20. The summed E-state index contributed by atoms with van der Waals surface area (Å²) in [6.07, 6.45) is 2.23. The van der Waals surface area contributed by atoms with Crippen LogP contribution in [-0.2, 0) is 14.3 Å². The lowest BCUT2D eigenvalue weighted by Gasteiger charge is -2.07. The molecule has 1 amide bonds. The first-order valence-electron chi connectivity index (χ1n) is 7.11. The first-order chi connectivity index (χ1) is 11.5. The standard InChI is InChI=1S/C18H15ClFNO3/c1-12-5-2-3-8-16(12)21-17(22)11-24-18(23)10-9-13-14(19)6-4-7-15(13)20/h2-10H,11H2,1H3,(H,21,22)/b10-9+. The molecule has 0 aliphatic heterocycles. The van der Waals surface area contributed by atoms with Crippen LogP contribution in [0.3, 0.4) is 0 Å². The number of carbonyl (C=O) groups is 2. The quantitative estimate of drug-likeness (QED) is 0.657. The summed E-state index contributed by atoms with van der Waals surface area (Å²) < 4.78 is 18.4. The fourth-order valence-electron chi connectivity index (χ4n) is 1.91. The van der Waals surface area contributed by atoms with E-state index in [1.807, 2.05) is 19.1 Å². The largest absolute Gasteiger partial charge is 0.452 e. The molecule has 0 radical (unpaired) electrons. The van der Waals surface area contributed by atoms with Crippen LogP contribution in [-0.4, -0.2) is 18.5 Å². The normalized spacial score (nSPS) is 10.6. The second kappa shape index (κ2) is 8.26. The first-order valence-corrected chi connectivity index (χ1v) is 7.49. The van der Waals surface area contributed by atoms with Crippen LogP contribution in [0.5, 0.6) is 0 Å². The van der Waals surface area contributed by atoms with E-state index in [0.29, 0.717) is 5.69 Å². The molecular weight excluding hydrogens is 333 g/mol. The maximum absolute atomic E-state index is 13.5. The van der Waals surface area contributed by atoms with Gasteiger partial charge < -0.3 is 10.1 Å². The third kappa shape index (κ3) is 4.93. The summed E-state index contributed by atoms with van der Waals surface area (Å²) in [6, 6.07) is 11.4. The first kappa shape index (κ1) is 17.7. The number of hydrogen-bond donors (Lipinski definition) is 1. The van der Waals surface area contributed by atoms with Gasteiger partial charge in [0.25, 0.3) is 5.91 Å². The number of esters is 1. The fourth-order valence-corrected chi connectivity index (χ4v) is 2.13. The molecule has 124 valence electrons. The SMILES string of the molecule is Cc1ccccc1NC(=O)COC(=O)/C=C/c1c(F)cccc1Cl. The number of rotatable bonds is 5. The maximum Gasteiger partial charge on any atom is 0.331 e. The third-order valence-electron chi connectivity index (χ3n) is 3.15. The third-order valence-corrected chi connectivity index (χ3v) is 3.48. The number of benzene rings is 2. The molecule has 2 rings (SSSR count). The van der Waals surface area contributed by atoms with Gasteiger partial charge in [0.15, 0.2) is 6.61 Å². The Kier molecular flexibility index (Phi) is 6.09. The number of halogens is 2. The van der Waals surface area contributed by atoms with Gasteiger partial charge in [0.05, 0.1) is 5.02 Å². The highest BCUT2D eigenvalue weighted by Gasteiger charge is 2.08. The number of hydrogen-bond acceptors (Lipinski definition) is 3. The highest BCUT2D eigenvalue weighted by atomic mass is 35.5. The molecule has 0 aromatic heterocycles. The Balaban J connectivity index is 1.88. The van der Waals surface area contributed by atoms with Crippen LogP contribution < -0.4 is 5.32 Å². The summed E-state index contributed by atoms with van der Waals surface area (Å²) >= 11 is 5.84. The zero-order chi connectivity index (χ0) is 17.5. The van der Waals surface area contributed by atoms with E-state index < -0.39 is 24.3 Å². The molecule has 0 saturated carbocycles. The smallest absolute Gasteiger partial charge is 0.331 e. The van der Waals surface area contributed by atoms with Crippen LogP contribution in [0.1, 0.15) is 11.1 Å². The summed E-state index contributed by atoms with van der Waals surface area (Å²) in [7, 11) is 0. The van der Waals surface area contributed by atoms with Gasteiger partial charge in [-0.2, -0.15) is 0 Å². The Morgan fingerprint density at radius 1 is 1.21 bits per heavy atom. The minimum atomic E-state index is -0.769. The Labute approximate surface area is 143 Å². The zero-order valence-electron chi connectivity index (χ0n) is 12.9. The maximum atomic E-state index is 13.5. The van der Waals surface area contributed by atoms with Gasteiger partial charge in [-0.25, -0.2) is 9.18 Å². The van der Waals surface area contributed by atoms with E-state index in [0.717, 1.165) is 11.6 Å². The summed E-state index contributed by atoms with van der Waals surface area (Å²) in [6.45, 7) is 1.41. The summed E-state index contributed by atoms with van der Waals surface area (Å²) in [5.74, 6) is -1.78. The van der Waals surface area contributed by atoms with Gasteiger partial charge in [0.2, 0.25) is 0 Å². The van der Waals surface area contributed by atoms with Gasteiger partial charge >= 0.3 is 5.97 Å². The molecular formula is C18H15ClFNO3. The molecule has 0 heterocycles. The molecule has 1 N–H and O–H groups in total. The molecule has 0 unspecified atom stereocenters. The number of nitrogens with one attached hydrogen (secondary N) is 1. The van der Waals surface area contributed by atoms with Crippen molar-refractivity contribution >= 4 is 35.2 Å². The topological polar surface area (TPSA) is 55.4 Å². The molecule has 0 spiro atoms. The molecule has 24 heavy (non-hydrogen) atoms. The summed E-state index contributed by atoms with van der Waals surface area (Å²) in [5, 5.41) is 2.81. The molecule has 6 heteroatoms. The van der Waals surface area contributed by atoms with Crippen molar-refractivity contribution in [3.63, 3.8) is 0 Å². The van der Waals surface area contributed by atoms with Crippen molar-refractivity contribution in [1.29, 1.82) is 0 Å². The van der Waals surface area contributed by atoms with E-state index in [1.165, 1.54) is 24.3 Å². The second-order valence-electron chi connectivity index (χ2n) is 4.94. The molecule has 0 aliphatic carbocycles. The van der Waals surface area contributed by atoms with Crippen LogP contribution in [0.15, 0.2) is 48.5 Å². The fraction of sp³-hybridized carbons (Fsp3) is 0.111. The van der Waals surface area contributed by atoms with Crippen molar-refractivity contribution in [2.45, 2.75) is 6.92 Å². The van der Waals surface area contributed by atoms with Crippen molar-refractivity contribution in [1.82, 2.24) is 0 Å². The second-order valence-corrected chi connectivity index (χ2v) is 5.35. The Morgan fingerprint density at radius 2 is 1.96 bits per heavy atom. The Hall–Kier alpha value is -2.66. The number of aryl methyl sites for hydroxylation is 1. The molecule has 2 aromatic rings. The predicted octanol–water partition coefficient (Wildman–Crippen LogP) is 3.98. The van der Waals surface area contributed by atoms with E-state index >= 15 is 0 Å². The number of carbonyl (C=O) groups excluding carboxylic acids is 2. The number of ether oxygens (including phenoxy) is 1. The van der Waals surface area contributed by atoms with Crippen LogP contribution in [0.25, 0.3) is 6.08 Å². The average Bonchev–Trinajstić information content (AvgIpc) is 2.54. The summed E-state index contributed by atoms with van der Waals surface area (Å²) in [5.41, 5.74) is 1.62. The molecule has 2 aromatic carbocycles. The van der Waals surface area contributed by atoms with Gasteiger partial charge in [0.1, 0.15) is 5.82 Å². The average molecular weight is 348 g/mol. The van der Waals surface area contributed by atoms with Crippen LogP contribution in [0, 0.1) is 12.7 Å². The minimum Gasteiger partial charge on any atom is -0.452 e. The summed E-state index contributed by atoms with van der Waals surface area (Å²) in [4.78, 5) is 23.4. The monoisotopic (exact) mass is 347 g/mol. The molecule has 0 saturated heterocycles. The van der Waals surface area contributed by atoms with Crippen molar-refractivity contribution in [2.24, 2.45) is 0 Å². The van der Waals surface area contributed by atoms with Crippen molar-refractivity contribution in [3.8, 4) is 0 Å². The van der Waals surface area contributed by atoms with Gasteiger partial charge in [-0.3, -0.25) is 4.79 Å². The van der Waals surface area contributed by atoms with E-state index in [-0.39, 0.29) is 10.6 Å². The van der Waals surface area contributed by atoms with Crippen LogP contribution >= 0.6 is 11.6 Å². The van der Waals surface area contributed by atoms with Crippen LogP contribution in [0.4, 0.5) is 10.1 Å². The minimum absolute atomic E-state index is 0.0838. The number of anilines is 1.